The summed E-state index contributed by atoms with van der Waals surface area (Å²) >= 11 is 0. The standard InChI is InChI=1S/C10H17N5O2/c1-4-15-5-7(11)8(14-15)10(17)13-6(2)9(16)12-3/h5-6H,4,11H2,1-3H3,(H,12,16)(H,13,17). The van der Waals surface area contributed by atoms with Crippen LogP contribution in [0.4, 0.5) is 5.69 Å². The molecule has 0 saturated carbocycles. The van der Waals surface area contributed by atoms with Crippen molar-refractivity contribution in [3.05, 3.63) is 11.9 Å². The molecule has 0 bridgehead atoms. The number of amides is 2. The summed E-state index contributed by atoms with van der Waals surface area (Å²) < 4.78 is 1.56. The number of carbonyl (C=O) groups excluding carboxylic acids is 2. The van der Waals surface area contributed by atoms with Crippen molar-refractivity contribution >= 4 is 17.5 Å². The number of hydrogen-bond donors (Lipinski definition) is 3. The predicted molar refractivity (Wildman–Crippen MR) is 63.3 cm³/mol. The molecule has 2 amide bonds. The molecule has 1 atom stereocenters. The molecule has 17 heavy (non-hydrogen) atoms. The smallest absolute Gasteiger partial charge is 0.274 e. The van der Waals surface area contributed by atoms with Crippen molar-refractivity contribution in [2.75, 3.05) is 12.8 Å². The topological polar surface area (TPSA) is 102 Å². The zero-order chi connectivity index (χ0) is 13.0. The van der Waals surface area contributed by atoms with E-state index in [1.807, 2.05) is 6.92 Å². The van der Waals surface area contributed by atoms with Gasteiger partial charge < -0.3 is 16.4 Å². The minimum atomic E-state index is -0.626. The van der Waals surface area contributed by atoms with Crippen molar-refractivity contribution in [3.8, 4) is 0 Å². The molecule has 1 aromatic rings. The third-order valence-electron chi connectivity index (χ3n) is 2.32. The Balaban J connectivity index is 2.76. The average molecular weight is 239 g/mol. The number of nitrogen functional groups attached to an aromatic ring is 1. The van der Waals surface area contributed by atoms with Gasteiger partial charge in [0.25, 0.3) is 5.91 Å². The van der Waals surface area contributed by atoms with E-state index in [1.54, 1.807) is 17.8 Å². The van der Waals surface area contributed by atoms with Gasteiger partial charge in [-0.2, -0.15) is 5.10 Å². The number of rotatable bonds is 4. The first-order valence-electron chi connectivity index (χ1n) is 5.35. The third kappa shape index (κ3) is 2.96. The second kappa shape index (κ2) is 5.33. The first-order chi connectivity index (χ1) is 7.99. The van der Waals surface area contributed by atoms with Crippen molar-refractivity contribution in [2.24, 2.45) is 0 Å². The minimum Gasteiger partial charge on any atom is -0.396 e. The van der Waals surface area contributed by atoms with Crippen LogP contribution in [0.5, 0.6) is 0 Å². The number of aryl methyl sites for hydroxylation is 1. The van der Waals surface area contributed by atoms with Crippen LogP contribution >= 0.6 is 0 Å². The van der Waals surface area contributed by atoms with Crippen LogP contribution < -0.4 is 16.4 Å². The van der Waals surface area contributed by atoms with Gasteiger partial charge in [-0.1, -0.05) is 0 Å². The molecule has 0 saturated heterocycles. The highest BCUT2D eigenvalue weighted by molar-refractivity contribution is 5.99. The maximum Gasteiger partial charge on any atom is 0.274 e. The highest BCUT2D eigenvalue weighted by Gasteiger charge is 2.19. The molecule has 1 heterocycles. The van der Waals surface area contributed by atoms with Gasteiger partial charge in [-0.3, -0.25) is 14.3 Å². The van der Waals surface area contributed by atoms with E-state index in [2.05, 4.69) is 15.7 Å². The number of hydrogen-bond acceptors (Lipinski definition) is 4. The molecule has 7 nitrogen and oxygen atoms in total. The zero-order valence-corrected chi connectivity index (χ0v) is 10.2. The predicted octanol–water partition coefficient (Wildman–Crippen LogP) is -0.650. The largest absolute Gasteiger partial charge is 0.396 e. The molecule has 1 unspecified atom stereocenters. The highest BCUT2D eigenvalue weighted by atomic mass is 16.2. The molecule has 1 aromatic heterocycles. The minimum absolute atomic E-state index is 0.141. The maximum absolute atomic E-state index is 11.8. The first-order valence-corrected chi connectivity index (χ1v) is 5.35. The SMILES string of the molecule is CCn1cc(N)c(C(=O)NC(C)C(=O)NC)n1. The fourth-order valence-electron chi connectivity index (χ4n) is 1.32. The summed E-state index contributed by atoms with van der Waals surface area (Å²) in [6, 6.07) is -0.626. The first kappa shape index (κ1) is 13.0. The van der Waals surface area contributed by atoms with E-state index in [0.29, 0.717) is 12.2 Å². The molecule has 94 valence electrons. The van der Waals surface area contributed by atoms with Crippen LogP contribution in [-0.2, 0) is 11.3 Å². The summed E-state index contributed by atoms with van der Waals surface area (Å²) in [6.07, 6.45) is 1.58. The molecule has 0 spiro atoms. The lowest BCUT2D eigenvalue weighted by molar-refractivity contribution is -0.122. The van der Waals surface area contributed by atoms with Crippen molar-refractivity contribution in [2.45, 2.75) is 26.4 Å². The molecule has 4 N–H and O–H groups in total. The molecule has 1 rings (SSSR count). The van der Waals surface area contributed by atoms with E-state index >= 15 is 0 Å². The third-order valence-corrected chi connectivity index (χ3v) is 2.32. The Morgan fingerprint density at radius 2 is 2.24 bits per heavy atom. The number of anilines is 1. The number of carbonyl (C=O) groups is 2. The van der Waals surface area contributed by atoms with Gasteiger partial charge in [0.05, 0.1) is 5.69 Å². The quantitative estimate of drug-likeness (QED) is 0.649. The Kier molecular flexibility index (Phi) is 4.08. The summed E-state index contributed by atoms with van der Waals surface area (Å²) in [5.74, 6) is -0.724. The maximum atomic E-state index is 11.8. The van der Waals surface area contributed by atoms with E-state index < -0.39 is 11.9 Å². The molecule has 0 fully saturated rings. The van der Waals surface area contributed by atoms with Gasteiger partial charge in [0.15, 0.2) is 5.69 Å². The van der Waals surface area contributed by atoms with Gasteiger partial charge in [0.2, 0.25) is 5.91 Å². The lowest BCUT2D eigenvalue weighted by atomic mass is 10.3. The molecular formula is C10H17N5O2. The number of likely N-dealkylation sites (N-methyl/N-ethyl adjacent to an activating group) is 1. The molecule has 0 radical (unpaired) electrons. The number of nitrogens with two attached hydrogens (primary N) is 1. The van der Waals surface area contributed by atoms with Crippen LogP contribution in [0.25, 0.3) is 0 Å². The van der Waals surface area contributed by atoms with Crippen molar-refractivity contribution in [3.63, 3.8) is 0 Å². The fourth-order valence-corrected chi connectivity index (χ4v) is 1.32. The van der Waals surface area contributed by atoms with Gasteiger partial charge in [-0.15, -0.1) is 0 Å². The van der Waals surface area contributed by atoms with Crippen LogP contribution in [-0.4, -0.2) is 34.7 Å². The Bertz CT molecular complexity index is 426. The number of aromatic nitrogens is 2. The summed E-state index contributed by atoms with van der Waals surface area (Å²) in [6.45, 7) is 4.10. The van der Waals surface area contributed by atoms with Gasteiger partial charge in [0, 0.05) is 19.8 Å². The van der Waals surface area contributed by atoms with Crippen LogP contribution in [0.1, 0.15) is 24.3 Å². The Morgan fingerprint density at radius 1 is 1.59 bits per heavy atom. The highest BCUT2D eigenvalue weighted by Crippen LogP contribution is 2.08. The lowest BCUT2D eigenvalue weighted by Gasteiger charge is -2.11. The van der Waals surface area contributed by atoms with E-state index in [4.69, 9.17) is 5.73 Å². The molecule has 0 aliphatic heterocycles. The van der Waals surface area contributed by atoms with Gasteiger partial charge in [-0.05, 0) is 13.8 Å². The fraction of sp³-hybridized carbons (Fsp3) is 0.500. The van der Waals surface area contributed by atoms with Crippen molar-refractivity contribution in [1.82, 2.24) is 20.4 Å². The second-order valence-electron chi connectivity index (χ2n) is 3.60. The number of nitrogens with one attached hydrogen (secondary N) is 2. The molecule has 7 heteroatoms. The average Bonchev–Trinajstić information content (AvgIpc) is 2.69. The van der Waals surface area contributed by atoms with Gasteiger partial charge in [0.1, 0.15) is 6.04 Å². The lowest BCUT2D eigenvalue weighted by Crippen LogP contribution is -2.43. The van der Waals surface area contributed by atoms with E-state index in [-0.39, 0.29) is 11.6 Å². The molecule has 0 aliphatic rings. The van der Waals surface area contributed by atoms with Gasteiger partial charge in [-0.25, -0.2) is 0 Å². The molecule has 0 aromatic carbocycles. The molecule has 0 aliphatic carbocycles. The molecular weight excluding hydrogens is 222 g/mol. The number of nitrogens with zero attached hydrogens (tertiary/aromatic N) is 2. The van der Waals surface area contributed by atoms with Gasteiger partial charge >= 0.3 is 0 Å². The van der Waals surface area contributed by atoms with Crippen LogP contribution in [0.2, 0.25) is 0 Å². The van der Waals surface area contributed by atoms with E-state index in [9.17, 15) is 9.59 Å². The Hall–Kier alpha value is -2.05. The van der Waals surface area contributed by atoms with Crippen LogP contribution in [0.3, 0.4) is 0 Å². The second-order valence-corrected chi connectivity index (χ2v) is 3.60. The zero-order valence-electron chi connectivity index (χ0n) is 10.2. The van der Waals surface area contributed by atoms with E-state index in [0.717, 1.165) is 0 Å². The summed E-state index contributed by atoms with van der Waals surface area (Å²) in [5, 5.41) is 8.97. The van der Waals surface area contributed by atoms with E-state index in [1.165, 1.54) is 7.05 Å². The van der Waals surface area contributed by atoms with Crippen LogP contribution in [0, 0.1) is 0 Å². The van der Waals surface area contributed by atoms with Crippen LogP contribution in [0.15, 0.2) is 6.20 Å². The van der Waals surface area contributed by atoms with Crippen molar-refractivity contribution in [1.29, 1.82) is 0 Å². The Morgan fingerprint density at radius 3 is 2.71 bits per heavy atom. The van der Waals surface area contributed by atoms with Crippen molar-refractivity contribution < 1.29 is 9.59 Å². The summed E-state index contributed by atoms with van der Waals surface area (Å²) in [5.41, 5.74) is 6.10. The monoisotopic (exact) mass is 239 g/mol. The summed E-state index contributed by atoms with van der Waals surface area (Å²) in [7, 11) is 1.51. The Labute approximate surface area is 99.4 Å². The summed E-state index contributed by atoms with van der Waals surface area (Å²) in [4.78, 5) is 23.0. The normalized spacial score (nSPS) is 11.9.